The van der Waals surface area contributed by atoms with Crippen molar-refractivity contribution in [2.24, 2.45) is 0 Å². The molecule has 2 atom stereocenters. The van der Waals surface area contributed by atoms with Gasteiger partial charge in [-0.15, -0.1) is 10.2 Å². The Balaban J connectivity index is 2.10. The highest BCUT2D eigenvalue weighted by Crippen LogP contribution is 2.17. The van der Waals surface area contributed by atoms with E-state index in [1.165, 1.54) is 4.90 Å². The Labute approximate surface area is 89.1 Å². The van der Waals surface area contributed by atoms with Gasteiger partial charge in [0.05, 0.1) is 12.2 Å². The third-order valence-corrected chi connectivity index (χ3v) is 2.91. The summed E-state index contributed by atoms with van der Waals surface area (Å²) in [5.74, 6) is -0.361. The molecule has 1 aromatic heterocycles. The maximum Gasteiger partial charge on any atom is 0.285 e. The topological polar surface area (TPSA) is 113 Å². The number of rotatable bonds is 1. The molecular formula is C7H10N4O3S. The summed E-state index contributed by atoms with van der Waals surface area (Å²) in [4.78, 5) is 13.0. The number of aromatic nitrogens is 2. The van der Waals surface area contributed by atoms with E-state index in [-0.39, 0.29) is 29.1 Å². The first-order valence-electron chi connectivity index (χ1n) is 4.32. The molecule has 1 fully saturated rings. The Morgan fingerprint density at radius 3 is 2.47 bits per heavy atom. The number of carbonyl (C=O) groups is 1. The molecule has 1 saturated heterocycles. The van der Waals surface area contributed by atoms with Gasteiger partial charge in [0, 0.05) is 13.1 Å². The minimum Gasteiger partial charge on any atom is -0.388 e. The molecule has 8 heteroatoms. The molecule has 4 N–H and O–H groups in total. The number of β-amino-alcohol motifs (C(OH)–C–C–N with tert-alkyl or cyclic N) is 2. The smallest absolute Gasteiger partial charge is 0.285 e. The SMILES string of the molecule is Nc1nnc(C(=O)N2CC(O)C(O)C2)s1. The standard InChI is InChI=1S/C7H10N4O3S/c8-7-10-9-5(15-7)6(14)11-1-3(12)4(13)2-11/h3-4,12-13H,1-2H2,(H2,8,10). The van der Waals surface area contributed by atoms with Gasteiger partial charge in [0.25, 0.3) is 5.91 Å². The molecule has 0 aliphatic carbocycles. The molecule has 0 radical (unpaired) electrons. The fourth-order valence-electron chi connectivity index (χ4n) is 1.39. The summed E-state index contributed by atoms with van der Waals surface area (Å²) in [6.07, 6.45) is -1.78. The minimum atomic E-state index is -0.890. The van der Waals surface area contributed by atoms with Crippen LogP contribution < -0.4 is 5.73 Å². The van der Waals surface area contributed by atoms with Crippen LogP contribution in [0.4, 0.5) is 5.13 Å². The number of nitrogens with zero attached hydrogens (tertiary/aromatic N) is 3. The van der Waals surface area contributed by atoms with Crippen LogP contribution >= 0.6 is 11.3 Å². The van der Waals surface area contributed by atoms with Crippen molar-refractivity contribution >= 4 is 22.4 Å². The molecule has 7 nitrogen and oxygen atoms in total. The molecule has 1 aromatic rings. The van der Waals surface area contributed by atoms with Crippen LogP contribution in [0.2, 0.25) is 0 Å². The van der Waals surface area contributed by atoms with Gasteiger partial charge in [0.1, 0.15) is 0 Å². The van der Waals surface area contributed by atoms with Crippen LogP contribution in [0.1, 0.15) is 9.80 Å². The first kappa shape index (κ1) is 10.3. The summed E-state index contributed by atoms with van der Waals surface area (Å²) in [6.45, 7) is 0.221. The molecule has 0 spiro atoms. The van der Waals surface area contributed by atoms with E-state index in [9.17, 15) is 15.0 Å². The Bertz CT molecular complexity index is 372. The molecule has 0 bridgehead atoms. The molecule has 0 aromatic carbocycles. The zero-order valence-corrected chi connectivity index (χ0v) is 8.52. The van der Waals surface area contributed by atoms with E-state index in [1.54, 1.807) is 0 Å². The minimum absolute atomic E-state index is 0.111. The second kappa shape index (κ2) is 3.72. The number of hydrogen-bond acceptors (Lipinski definition) is 7. The highest BCUT2D eigenvalue weighted by Gasteiger charge is 2.34. The van der Waals surface area contributed by atoms with Crippen LogP contribution in [-0.2, 0) is 0 Å². The van der Waals surface area contributed by atoms with E-state index in [4.69, 9.17) is 5.73 Å². The van der Waals surface area contributed by atoms with Crippen LogP contribution in [0.25, 0.3) is 0 Å². The number of nitrogen functional groups attached to an aromatic ring is 1. The van der Waals surface area contributed by atoms with Crippen molar-refractivity contribution in [1.29, 1.82) is 0 Å². The van der Waals surface area contributed by atoms with Gasteiger partial charge >= 0.3 is 0 Å². The second-order valence-electron chi connectivity index (χ2n) is 3.29. The van der Waals surface area contributed by atoms with Crippen LogP contribution in [0.5, 0.6) is 0 Å². The number of amides is 1. The predicted octanol–water partition coefficient (Wildman–Crippen LogP) is -1.70. The summed E-state index contributed by atoms with van der Waals surface area (Å²) in [6, 6.07) is 0. The van der Waals surface area contributed by atoms with Crippen LogP contribution in [0.15, 0.2) is 0 Å². The molecule has 2 rings (SSSR count). The average molecular weight is 230 g/mol. The number of carbonyl (C=O) groups excluding carboxylic acids is 1. The molecule has 2 heterocycles. The molecule has 15 heavy (non-hydrogen) atoms. The van der Waals surface area contributed by atoms with Crippen molar-refractivity contribution in [3.63, 3.8) is 0 Å². The van der Waals surface area contributed by atoms with Gasteiger partial charge in [-0.2, -0.15) is 0 Å². The van der Waals surface area contributed by atoms with E-state index in [2.05, 4.69) is 10.2 Å². The largest absolute Gasteiger partial charge is 0.388 e. The lowest BCUT2D eigenvalue weighted by Gasteiger charge is -2.12. The summed E-state index contributed by atoms with van der Waals surface area (Å²) >= 11 is 0.986. The molecule has 0 saturated carbocycles. The van der Waals surface area contributed by atoms with Crippen molar-refractivity contribution in [3.8, 4) is 0 Å². The van der Waals surface area contributed by atoms with Gasteiger partial charge in [0.2, 0.25) is 10.1 Å². The fourth-order valence-corrected chi connectivity index (χ4v) is 1.97. The number of aliphatic hydroxyl groups is 2. The van der Waals surface area contributed by atoms with Gasteiger partial charge in [0.15, 0.2) is 0 Å². The molecule has 82 valence electrons. The number of likely N-dealkylation sites (tertiary alicyclic amines) is 1. The Morgan fingerprint density at radius 2 is 2.00 bits per heavy atom. The van der Waals surface area contributed by atoms with Gasteiger partial charge in [-0.3, -0.25) is 4.79 Å². The average Bonchev–Trinajstić information content (AvgIpc) is 2.74. The quantitative estimate of drug-likeness (QED) is 0.530. The highest BCUT2D eigenvalue weighted by atomic mass is 32.1. The monoisotopic (exact) mass is 230 g/mol. The second-order valence-corrected chi connectivity index (χ2v) is 4.30. The summed E-state index contributed by atoms with van der Waals surface area (Å²) in [7, 11) is 0. The number of anilines is 1. The van der Waals surface area contributed by atoms with E-state index < -0.39 is 12.2 Å². The van der Waals surface area contributed by atoms with E-state index in [0.717, 1.165) is 11.3 Å². The lowest BCUT2D eigenvalue weighted by molar-refractivity contribution is 0.0572. The van der Waals surface area contributed by atoms with Gasteiger partial charge in [-0.1, -0.05) is 11.3 Å². The van der Waals surface area contributed by atoms with E-state index in [0.29, 0.717) is 0 Å². The van der Waals surface area contributed by atoms with E-state index in [1.807, 2.05) is 0 Å². The van der Waals surface area contributed by atoms with Crippen molar-refractivity contribution in [2.75, 3.05) is 18.8 Å². The third kappa shape index (κ3) is 1.91. The Hall–Kier alpha value is -1.25. The van der Waals surface area contributed by atoms with Crippen molar-refractivity contribution < 1.29 is 15.0 Å². The summed E-state index contributed by atoms with van der Waals surface area (Å²) < 4.78 is 0. The molecular weight excluding hydrogens is 220 g/mol. The highest BCUT2D eigenvalue weighted by molar-refractivity contribution is 7.16. The maximum absolute atomic E-state index is 11.7. The Kier molecular flexibility index (Phi) is 2.55. The van der Waals surface area contributed by atoms with Crippen LogP contribution in [0, 0.1) is 0 Å². The van der Waals surface area contributed by atoms with Gasteiger partial charge < -0.3 is 20.8 Å². The number of hydrogen-bond donors (Lipinski definition) is 3. The van der Waals surface area contributed by atoms with Gasteiger partial charge in [-0.25, -0.2) is 0 Å². The molecule has 1 aliphatic heterocycles. The normalized spacial score (nSPS) is 25.9. The van der Waals surface area contributed by atoms with Crippen LogP contribution in [-0.4, -0.2) is 56.5 Å². The molecule has 2 unspecified atom stereocenters. The number of nitrogens with two attached hydrogens (primary N) is 1. The fraction of sp³-hybridized carbons (Fsp3) is 0.571. The first-order valence-corrected chi connectivity index (χ1v) is 5.14. The Morgan fingerprint density at radius 1 is 1.40 bits per heavy atom. The predicted molar refractivity (Wildman–Crippen MR) is 52.2 cm³/mol. The summed E-state index contributed by atoms with van der Waals surface area (Å²) in [5, 5.41) is 26.1. The summed E-state index contributed by atoms with van der Waals surface area (Å²) in [5.41, 5.74) is 5.35. The first-order chi connectivity index (χ1) is 7.08. The molecule has 1 aliphatic rings. The lowest BCUT2D eigenvalue weighted by Crippen LogP contribution is -2.29. The van der Waals surface area contributed by atoms with Crippen LogP contribution in [0.3, 0.4) is 0 Å². The zero-order valence-electron chi connectivity index (χ0n) is 7.70. The third-order valence-electron chi connectivity index (χ3n) is 2.17. The van der Waals surface area contributed by atoms with Crippen molar-refractivity contribution in [2.45, 2.75) is 12.2 Å². The molecule has 1 amide bonds. The van der Waals surface area contributed by atoms with Crippen molar-refractivity contribution in [3.05, 3.63) is 5.01 Å². The van der Waals surface area contributed by atoms with E-state index >= 15 is 0 Å². The lowest BCUT2D eigenvalue weighted by atomic mass is 10.3. The number of aliphatic hydroxyl groups excluding tert-OH is 2. The van der Waals surface area contributed by atoms with Crippen molar-refractivity contribution in [1.82, 2.24) is 15.1 Å². The maximum atomic E-state index is 11.7. The zero-order chi connectivity index (χ0) is 11.0. The van der Waals surface area contributed by atoms with Gasteiger partial charge in [-0.05, 0) is 0 Å².